The molecule has 1 aromatic carbocycles. The van der Waals surface area contributed by atoms with Crippen LogP contribution < -0.4 is 5.32 Å². The van der Waals surface area contributed by atoms with E-state index >= 15 is 0 Å². The molecule has 0 aliphatic carbocycles. The Bertz CT molecular complexity index is 663. The van der Waals surface area contributed by atoms with Gasteiger partial charge in [0.05, 0.1) is 0 Å². The van der Waals surface area contributed by atoms with Crippen LogP contribution >= 0.6 is 0 Å². The van der Waals surface area contributed by atoms with E-state index in [2.05, 4.69) is 31.0 Å². The summed E-state index contributed by atoms with van der Waals surface area (Å²) < 4.78 is 0. The number of hydrogen-bond acceptors (Lipinski definition) is 3. The van der Waals surface area contributed by atoms with Gasteiger partial charge in [0.15, 0.2) is 0 Å². The zero-order valence-corrected chi connectivity index (χ0v) is 17.0. The quantitative estimate of drug-likeness (QED) is 0.885. The molecule has 2 aliphatic heterocycles. The summed E-state index contributed by atoms with van der Waals surface area (Å²) in [5.74, 6) is 0.0493. The molecule has 0 spiro atoms. The van der Waals surface area contributed by atoms with Crippen molar-refractivity contribution in [1.82, 2.24) is 15.1 Å². The lowest BCUT2D eigenvalue weighted by Gasteiger charge is -2.25. The van der Waals surface area contributed by atoms with E-state index in [1.165, 1.54) is 24.9 Å². The maximum atomic E-state index is 12.6. The highest BCUT2D eigenvalue weighted by Gasteiger charge is 2.30. The molecule has 1 unspecified atom stereocenters. The number of fused-ring (bicyclic) bond motifs is 1. The fourth-order valence-corrected chi connectivity index (χ4v) is 4.10. The number of nitrogens with zero attached hydrogens (tertiary/aromatic N) is 2. The Morgan fingerprint density at radius 2 is 1.78 bits per heavy atom. The van der Waals surface area contributed by atoms with Crippen LogP contribution in [0.3, 0.4) is 0 Å². The van der Waals surface area contributed by atoms with Gasteiger partial charge in [-0.05, 0) is 48.9 Å². The summed E-state index contributed by atoms with van der Waals surface area (Å²) in [5, 5.41) is 2.89. The molecule has 3 rings (SSSR count). The minimum absolute atomic E-state index is 0.0729. The van der Waals surface area contributed by atoms with Gasteiger partial charge in [0.25, 0.3) is 5.91 Å². The second-order valence-corrected chi connectivity index (χ2v) is 8.86. The predicted octanol–water partition coefficient (Wildman–Crippen LogP) is 2.80. The topological polar surface area (TPSA) is 52.7 Å². The molecular weight excluding hydrogens is 338 g/mol. The van der Waals surface area contributed by atoms with Gasteiger partial charge >= 0.3 is 0 Å². The fraction of sp³-hybridized carbons (Fsp3) is 0.636. The first kappa shape index (κ1) is 19.9. The molecule has 1 N–H and O–H groups in total. The standard InChI is InChI=1S/C22H33N3O2/c1-22(2,3)18-9-7-17(8-10-18)21(27)23-12-11-20(26)25-15-5-14-24-13-4-6-19(24)16-25/h7-10,19H,4-6,11-16H2,1-3H3,(H,23,27). The summed E-state index contributed by atoms with van der Waals surface area (Å²) in [7, 11) is 0. The molecule has 5 heteroatoms. The molecule has 0 aromatic heterocycles. The first-order valence-electron chi connectivity index (χ1n) is 10.2. The van der Waals surface area contributed by atoms with Crippen LogP contribution in [0.1, 0.15) is 62.4 Å². The molecule has 2 aliphatic rings. The third-order valence-corrected chi connectivity index (χ3v) is 5.79. The third-order valence-electron chi connectivity index (χ3n) is 5.79. The van der Waals surface area contributed by atoms with Crippen molar-refractivity contribution >= 4 is 11.8 Å². The first-order valence-corrected chi connectivity index (χ1v) is 10.2. The minimum atomic E-state index is -0.110. The second kappa shape index (κ2) is 8.42. The number of amides is 2. The van der Waals surface area contributed by atoms with Gasteiger partial charge in [0.2, 0.25) is 5.91 Å². The van der Waals surface area contributed by atoms with Crippen LogP contribution in [0, 0.1) is 0 Å². The minimum Gasteiger partial charge on any atom is -0.352 e. The van der Waals surface area contributed by atoms with Gasteiger partial charge < -0.3 is 10.2 Å². The highest BCUT2D eigenvalue weighted by atomic mass is 16.2. The third kappa shape index (κ3) is 5.10. The number of carbonyl (C=O) groups excluding carboxylic acids is 2. The van der Waals surface area contributed by atoms with Crippen LogP contribution in [0.2, 0.25) is 0 Å². The lowest BCUT2D eigenvalue weighted by Crippen LogP contribution is -2.40. The van der Waals surface area contributed by atoms with Crippen LogP contribution in [0.5, 0.6) is 0 Å². The SMILES string of the molecule is CC(C)(C)c1ccc(C(=O)NCCC(=O)N2CCCN3CCCC3C2)cc1. The molecule has 0 bridgehead atoms. The van der Waals surface area contributed by atoms with Gasteiger partial charge in [-0.2, -0.15) is 0 Å². The Morgan fingerprint density at radius 3 is 2.48 bits per heavy atom. The van der Waals surface area contributed by atoms with Crippen LogP contribution in [-0.2, 0) is 10.2 Å². The average Bonchev–Trinajstić information content (AvgIpc) is 2.97. The van der Waals surface area contributed by atoms with Gasteiger partial charge in [-0.3, -0.25) is 14.5 Å². The van der Waals surface area contributed by atoms with Crippen molar-refractivity contribution < 1.29 is 9.59 Å². The van der Waals surface area contributed by atoms with Crippen LogP contribution in [0.4, 0.5) is 0 Å². The summed E-state index contributed by atoms with van der Waals surface area (Å²) in [4.78, 5) is 29.4. The number of benzene rings is 1. The Hall–Kier alpha value is -1.88. The van der Waals surface area contributed by atoms with Crippen molar-refractivity contribution in [3.05, 3.63) is 35.4 Å². The number of rotatable bonds is 4. The van der Waals surface area contributed by atoms with Crippen LogP contribution in [0.15, 0.2) is 24.3 Å². The molecule has 27 heavy (non-hydrogen) atoms. The molecule has 2 amide bonds. The maximum Gasteiger partial charge on any atom is 0.251 e. The Kier molecular flexibility index (Phi) is 6.20. The summed E-state index contributed by atoms with van der Waals surface area (Å²) >= 11 is 0. The zero-order chi connectivity index (χ0) is 19.4. The van der Waals surface area contributed by atoms with Gasteiger partial charge in [-0.15, -0.1) is 0 Å². The molecule has 2 fully saturated rings. The van der Waals surface area contributed by atoms with E-state index in [1.54, 1.807) is 0 Å². The number of nitrogens with one attached hydrogen (secondary N) is 1. The van der Waals surface area contributed by atoms with E-state index < -0.39 is 0 Å². The van der Waals surface area contributed by atoms with Crippen molar-refractivity contribution in [2.45, 2.75) is 57.9 Å². The Balaban J connectivity index is 1.46. The van der Waals surface area contributed by atoms with E-state index in [0.29, 0.717) is 24.6 Å². The molecule has 0 radical (unpaired) electrons. The Morgan fingerprint density at radius 1 is 1.07 bits per heavy atom. The van der Waals surface area contributed by atoms with E-state index in [9.17, 15) is 9.59 Å². The molecule has 1 atom stereocenters. The molecule has 0 saturated carbocycles. The monoisotopic (exact) mass is 371 g/mol. The van der Waals surface area contributed by atoms with Crippen molar-refractivity contribution in [2.24, 2.45) is 0 Å². The molecule has 148 valence electrons. The summed E-state index contributed by atoms with van der Waals surface area (Å²) in [6.45, 7) is 10.8. The smallest absolute Gasteiger partial charge is 0.251 e. The van der Waals surface area contributed by atoms with Gasteiger partial charge in [-0.25, -0.2) is 0 Å². The van der Waals surface area contributed by atoms with E-state index in [4.69, 9.17) is 0 Å². The van der Waals surface area contributed by atoms with Gasteiger partial charge in [0, 0.05) is 44.2 Å². The normalized spacial score (nSPS) is 20.9. The highest BCUT2D eigenvalue weighted by molar-refractivity contribution is 5.94. The van der Waals surface area contributed by atoms with E-state index in [0.717, 1.165) is 26.1 Å². The maximum absolute atomic E-state index is 12.6. The summed E-state index contributed by atoms with van der Waals surface area (Å²) in [6.07, 6.45) is 3.87. The summed E-state index contributed by atoms with van der Waals surface area (Å²) in [5.41, 5.74) is 1.92. The largest absolute Gasteiger partial charge is 0.352 e. The first-order chi connectivity index (χ1) is 12.8. The number of hydrogen-bond donors (Lipinski definition) is 1. The second-order valence-electron chi connectivity index (χ2n) is 8.86. The fourth-order valence-electron chi connectivity index (χ4n) is 4.10. The van der Waals surface area contributed by atoms with Crippen molar-refractivity contribution in [2.75, 3.05) is 32.7 Å². The summed E-state index contributed by atoms with van der Waals surface area (Å²) in [6, 6.07) is 8.27. The average molecular weight is 372 g/mol. The molecule has 1 aromatic rings. The van der Waals surface area contributed by atoms with Gasteiger partial charge in [-0.1, -0.05) is 32.9 Å². The van der Waals surface area contributed by atoms with Crippen molar-refractivity contribution in [3.8, 4) is 0 Å². The lowest BCUT2D eigenvalue weighted by molar-refractivity contribution is -0.131. The van der Waals surface area contributed by atoms with Crippen LogP contribution in [0.25, 0.3) is 0 Å². The zero-order valence-electron chi connectivity index (χ0n) is 17.0. The molecule has 2 saturated heterocycles. The molecule has 5 nitrogen and oxygen atoms in total. The lowest BCUT2D eigenvalue weighted by atomic mass is 9.87. The van der Waals surface area contributed by atoms with Crippen molar-refractivity contribution in [3.63, 3.8) is 0 Å². The van der Waals surface area contributed by atoms with Crippen molar-refractivity contribution in [1.29, 1.82) is 0 Å². The Labute approximate surface area is 163 Å². The highest BCUT2D eigenvalue weighted by Crippen LogP contribution is 2.23. The molecule has 2 heterocycles. The van der Waals surface area contributed by atoms with Gasteiger partial charge in [0.1, 0.15) is 0 Å². The molecular formula is C22H33N3O2. The van der Waals surface area contributed by atoms with E-state index in [1.807, 2.05) is 29.2 Å². The number of carbonyl (C=O) groups is 2. The van der Waals surface area contributed by atoms with E-state index in [-0.39, 0.29) is 17.2 Å². The van der Waals surface area contributed by atoms with Crippen LogP contribution in [-0.4, -0.2) is 60.4 Å². The predicted molar refractivity (Wildman–Crippen MR) is 108 cm³/mol.